The van der Waals surface area contributed by atoms with Gasteiger partial charge in [0.2, 0.25) is 11.7 Å². The van der Waals surface area contributed by atoms with E-state index >= 15 is 4.39 Å². The molecule has 8 rings (SSSR count). The van der Waals surface area contributed by atoms with Crippen molar-refractivity contribution in [2.45, 2.75) is 44.1 Å². The number of alkyl halides is 2. The van der Waals surface area contributed by atoms with Crippen LogP contribution in [0.3, 0.4) is 0 Å². The summed E-state index contributed by atoms with van der Waals surface area (Å²) >= 11 is 6.58. The summed E-state index contributed by atoms with van der Waals surface area (Å²) in [5.74, 6) is -4.60. The summed E-state index contributed by atoms with van der Waals surface area (Å²) in [5.41, 5.74) is 6.20. The number of nitrogens with two attached hydrogens (primary N) is 1. The number of likely N-dealkylation sites (tertiary alicyclic amines) is 1. The number of hydrogen-bond donors (Lipinski definition) is 1. The predicted molar refractivity (Wildman–Crippen MR) is 192 cm³/mol. The molecule has 0 aliphatic carbocycles. The van der Waals surface area contributed by atoms with Gasteiger partial charge in [-0.1, -0.05) is 28.9 Å². The summed E-state index contributed by atoms with van der Waals surface area (Å²) in [5, 5.41) is 5.21. The normalized spacial score (nSPS) is 17.6. The van der Waals surface area contributed by atoms with E-state index in [9.17, 15) is 13.6 Å². The molecule has 1 aromatic carbocycles. The fourth-order valence-electron chi connectivity index (χ4n) is 7.73. The van der Waals surface area contributed by atoms with E-state index in [2.05, 4.69) is 30.0 Å². The van der Waals surface area contributed by atoms with Gasteiger partial charge in [0.15, 0.2) is 5.82 Å². The summed E-state index contributed by atoms with van der Waals surface area (Å²) in [7, 11) is 1.83. The Morgan fingerprint density at radius 1 is 1.17 bits per heavy atom. The van der Waals surface area contributed by atoms with Crippen LogP contribution in [0, 0.1) is 11.7 Å². The molecule has 3 aliphatic rings. The zero-order valence-corrected chi connectivity index (χ0v) is 29.8. The number of nitrogen functional groups attached to an aromatic ring is 1. The van der Waals surface area contributed by atoms with Gasteiger partial charge in [-0.25, -0.2) is 9.37 Å². The van der Waals surface area contributed by atoms with E-state index in [1.807, 2.05) is 18.0 Å². The lowest BCUT2D eigenvalue weighted by atomic mass is 9.95. The lowest BCUT2D eigenvalue weighted by Gasteiger charge is -2.40. The lowest BCUT2D eigenvalue weighted by Crippen LogP contribution is -2.53. The summed E-state index contributed by atoms with van der Waals surface area (Å²) in [6, 6.07) is 7.02. The van der Waals surface area contributed by atoms with Crippen LogP contribution < -0.4 is 15.4 Å². The molecule has 5 aromatic rings. The predicted octanol–water partition coefficient (Wildman–Crippen LogP) is 5.72. The Labute approximate surface area is 307 Å². The van der Waals surface area contributed by atoms with Crippen LogP contribution in [0.15, 0.2) is 41.1 Å². The van der Waals surface area contributed by atoms with Crippen molar-refractivity contribution < 1.29 is 27.2 Å². The number of carbonyl (C=O) groups is 1. The van der Waals surface area contributed by atoms with E-state index < -0.39 is 17.6 Å². The second-order valence-electron chi connectivity index (χ2n) is 14.1. The Morgan fingerprint density at radius 2 is 1.94 bits per heavy atom. The first-order valence-corrected chi connectivity index (χ1v) is 17.8. The minimum absolute atomic E-state index is 0.0130. The topological polar surface area (TPSA) is 153 Å². The molecular formula is C36H36ClF3N10O3. The van der Waals surface area contributed by atoms with E-state index in [1.54, 1.807) is 23.1 Å². The molecule has 3 fully saturated rings. The van der Waals surface area contributed by atoms with Crippen molar-refractivity contribution in [2.75, 3.05) is 57.0 Å². The Kier molecular flexibility index (Phi) is 8.84. The van der Waals surface area contributed by atoms with Gasteiger partial charge >= 0.3 is 11.9 Å². The van der Waals surface area contributed by atoms with Crippen LogP contribution in [0.4, 0.5) is 24.8 Å². The molecule has 17 heteroatoms. The highest BCUT2D eigenvalue weighted by molar-refractivity contribution is 6.36. The maximum Gasteiger partial charge on any atom is 0.319 e. The first kappa shape index (κ1) is 35.0. The van der Waals surface area contributed by atoms with Crippen molar-refractivity contribution in [1.82, 2.24) is 39.9 Å². The number of aromatic nitrogens is 6. The molecule has 13 nitrogen and oxygen atoms in total. The SMILES string of the molecule is CN(CC1CN(C(=O)/C=C/c2nc(C(C)(F)F)no2)C1)c1nc(OCC23CCCN2CCC3)nc2c(F)c(-c3nc(N)cc4cccc(Cl)c34)ncc12. The van der Waals surface area contributed by atoms with Gasteiger partial charge in [0.1, 0.15) is 35.1 Å². The second-order valence-corrected chi connectivity index (χ2v) is 14.5. The van der Waals surface area contributed by atoms with E-state index in [-0.39, 0.29) is 52.0 Å². The maximum absolute atomic E-state index is 16.8. The molecule has 53 heavy (non-hydrogen) atoms. The van der Waals surface area contributed by atoms with Crippen LogP contribution in [0.25, 0.3) is 39.1 Å². The van der Waals surface area contributed by atoms with Crippen LogP contribution in [0.2, 0.25) is 5.02 Å². The fourth-order valence-corrected chi connectivity index (χ4v) is 8.00. The summed E-state index contributed by atoms with van der Waals surface area (Å²) < 4.78 is 54.8. The van der Waals surface area contributed by atoms with Gasteiger partial charge in [0.05, 0.1) is 15.9 Å². The van der Waals surface area contributed by atoms with E-state index in [1.165, 1.54) is 18.3 Å². The number of rotatable bonds is 10. The van der Waals surface area contributed by atoms with Crippen LogP contribution in [-0.2, 0) is 10.7 Å². The molecule has 0 spiro atoms. The number of amides is 1. The Bertz CT molecular complexity index is 2250. The number of fused-ring (bicyclic) bond motifs is 3. The average molecular weight is 749 g/mol. The molecule has 0 bridgehead atoms. The van der Waals surface area contributed by atoms with Crippen LogP contribution in [0.5, 0.6) is 6.01 Å². The number of ether oxygens (including phenoxy) is 1. The molecule has 0 saturated carbocycles. The molecule has 0 unspecified atom stereocenters. The molecule has 0 radical (unpaired) electrons. The molecule has 3 saturated heterocycles. The summed E-state index contributed by atoms with van der Waals surface area (Å²) in [6.45, 7) is 4.40. The van der Waals surface area contributed by atoms with Crippen molar-refractivity contribution in [3.63, 3.8) is 0 Å². The largest absolute Gasteiger partial charge is 0.461 e. The van der Waals surface area contributed by atoms with Gasteiger partial charge in [-0.2, -0.15) is 23.7 Å². The number of benzene rings is 1. The van der Waals surface area contributed by atoms with Crippen LogP contribution in [-0.4, -0.2) is 97.7 Å². The van der Waals surface area contributed by atoms with Crippen molar-refractivity contribution >= 4 is 56.9 Å². The summed E-state index contributed by atoms with van der Waals surface area (Å²) in [4.78, 5) is 40.7. The van der Waals surface area contributed by atoms with E-state index in [0.29, 0.717) is 60.2 Å². The van der Waals surface area contributed by atoms with Gasteiger partial charge in [-0.15, -0.1) is 0 Å². The number of pyridine rings is 2. The minimum atomic E-state index is -3.26. The number of hydrogen-bond acceptors (Lipinski definition) is 12. The van der Waals surface area contributed by atoms with Crippen LogP contribution in [0.1, 0.15) is 44.3 Å². The zero-order valence-electron chi connectivity index (χ0n) is 29.0. The third kappa shape index (κ3) is 6.58. The molecule has 1 amide bonds. The van der Waals surface area contributed by atoms with Crippen molar-refractivity contribution in [1.29, 1.82) is 0 Å². The molecule has 276 valence electrons. The Hall–Kier alpha value is -5.09. The van der Waals surface area contributed by atoms with Crippen molar-refractivity contribution in [2.24, 2.45) is 5.92 Å². The first-order chi connectivity index (χ1) is 25.4. The van der Waals surface area contributed by atoms with E-state index in [4.69, 9.17) is 31.6 Å². The highest BCUT2D eigenvalue weighted by Crippen LogP contribution is 2.40. The molecule has 4 aromatic heterocycles. The second kappa shape index (κ2) is 13.4. The monoisotopic (exact) mass is 748 g/mol. The fraction of sp³-hybridized carbons (Fsp3) is 0.417. The lowest BCUT2D eigenvalue weighted by molar-refractivity contribution is -0.131. The Morgan fingerprint density at radius 3 is 2.68 bits per heavy atom. The maximum atomic E-state index is 16.8. The van der Waals surface area contributed by atoms with Gasteiger partial charge in [0, 0.05) is 63.3 Å². The highest BCUT2D eigenvalue weighted by atomic mass is 35.5. The van der Waals surface area contributed by atoms with E-state index in [0.717, 1.165) is 38.8 Å². The molecular weight excluding hydrogens is 713 g/mol. The third-order valence-electron chi connectivity index (χ3n) is 10.3. The Balaban J connectivity index is 1.07. The molecule has 3 aliphatic heterocycles. The molecule has 0 atom stereocenters. The molecule has 2 N–H and O–H groups in total. The highest BCUT2D eigenvalue weighted by Gasteiger charge is 2.45. The standard InChI is InChI=1S/C36H36ClF3N10O3/c1-35(39,40)33-44-25(53-47-33)8-9-26(51)49-17-20(18-49)16-48(2)32-22-15-42-31(30-27-21(14-24(41)43-30)6-3-7-23(27)37)28(38)29(22)45-34(46-32)52-19-36-10-4-12-50(36)13-5-11-36/h3,6-9,14-15,20H,4-5,10-13,16-19H2,1-2H3,(H2,41,43)/b9-8+. The van der Waals surface area contributed by atoms with Gasteiger partial charge in [-0.05, 0) is 56.3 Å². The quantitative estimate of drug-likeness (QED) is 0.174. The third-order valence-corrected chi connectivity index (χ3v) is 10.7. The van der Waals surface area contributed by atoms with Gasteiger partial charge in [-0.3, -0.25) is 14.7 Å². The first-order valence-electron chi connectivity index (χ1n) is 17.4. The van der Waals surface area contributed by atoms with Gasteiger partial charge < -0.3 is 24.8 Å². The molecule has 7 heterocycles. The number of nitrogens with zero attached hydrogens (tertiary/aromatic N) is 9. The van der Waals surface area contributed by atoms with Gasteiger partial charge in [0.25, 0.3) is 5.89 Å². The van der Waals surface area contributed by atoms with Crippen molar-refractivity contribution in [3.05, 3.63) is 59.1 Å². The minimum Gasteiger partial charge on any atom is -0.461 e. The number of anilines is 2. The number of carbonyl (C=O) groups excluding carboxylic acids is 1. The summed E-state index contributed by atoms with van der Waals surface area (Å²) in [6.07, 6.45) is 8.15. The van der Waals surface area contributed by atoms with Crippen molar-refractivity contribution in [3.8, 4) is 17.4 Å². The smallest absolute Gasteiger partial charge is 0.319 e. The number of halogens is 4. The zero-order chi connectivity index (χ0) is 37.1. The average Bonchev–Trinajstić information content (AvgIpc) is 3.84. The van der Waals surface area contributed by atoms with Crippen LogP contribution >= 0.6 is 11.6 Å².